The maximum absolute atomic E-state index is 6.35. The van der Waals surface area contributed by atoms with E-state index in [-0.39, 0.29) is 6.04 Å². The summed E-state index contributed by atoms with van der Waals surface area (Å²) in [6, 6.07) is 19.2. The van der Waals surface area contributed by atoms with E-state index in [2.05, 4.69) is 45.6 Å². The lowest BCUT2D eigenvalue weighted by Gasteiger charge is -2.24. The van der Waals surface area contributed by atoms with Crippen molar-refractivity contribution in [2.45, 2.75) is 36.9 Å². The topological polar surface area (TPSA) is 26.0 Å². The summed E-state index contributed by atoms with van der Waals surface area (Å²) >= 11 is 0. The van der Waals surface area contributed by atoms with E-state index in [1.54, 1.807) is 0 Å². The third-order valence-electron chi connectivity index (χ3n) is 4.50. The van der Waals surface area contributed by atoms with Crippen LogP contribution in [-0.4, -0.2) is 0 Å². The lowest BCUT2D eigenvalue weighted by molar-refractivity contribution is 0.651. The molecule has 0 aromatic heterocycles. The van der Waals surface area contributed by atoms with Crippen LogP contribution >= 0.6 is 9.24 Å². The monoisotopic (exact) mass is 283 g/mol. The fourth-order valence-electron chi connectivity index (χ4n) is 3.17. The van der Waals surface area contributed by atoms with Crippen LogP contribution in [0.5, 0.6) is 0 Å². The summed E-state index contributed by atoms with van der Waals surface area (Å²) in [5.41, 5.74) is 10.1. The van der Waals surface area contributed by atoms with Gasteiger partial charge in [0.25, 0.3) is 0 Å². The van der Waals surface area contributed by atoms with Crippen molar-refractivity contribution in [3.63, 3.8) is 0 Å². The summed E-state index contributed by atoms with van der Waals surface area (Å²) in [7, 11) is 3.08. The second-order valence-corrected chi connectivity index (χ2v) is 6.98. The van der Waals surface area contributed by atoms with Crippen molar-refractivity contribution in [1.82, 2.24) is 0 Å². The van der Waals surface area contributed by atoms with Crippen molar-refractivity contribution in [2.75, 3.05) is 0 Å². The Morgan fingerprint density at radius 1 is 0.850 bits per heavy atom. The van der Waals surface area contributed by atoms with Gasteiger partial charge in [0.2, 0.25) is 0 Å². The van der Waals surface area contributed by atoms with Crippen LogP contribution in [0.1, 0.15) is 48.4 Å². The second-order valence-electron chi connectivity index (χ2n) is 5.87. The first-order valence-corrected chi connectivity index (χ1v) is 7.97. The van der Waals surface area contributed by atoms with Crippen LogP contribution in [0.2, 0.25) is 0 Å². The van der Waals surface area contributed by atoms with Gasteiger partial charge >= 0.3 is 0 Å². The standard InChI is InChI=1S/C18H22NP/c19-17(14-6-2-1-3-7-14)15-8-10-16(11-9-15)18(20)12-4-5-13-18/h1-3,6-11,17H,4-5,12-13,19-20H2. The smallest absolute Gasteiger partial charge is 0.0551 e. The number of nitrogens with two attached hydrogens (primary N) is 1. The van der Waals surface area contributed by atoms with E-state index in [1.807, 2.05) is 18.2 Å². The molecule has 0 bridgehead atoms. The zero-order valence-electron chi connectivity index (χ0n) is 11.8. The van der Waals surface area contributed by atoms with Gasteiger partial charge < -0.3 is 5.73 Å². The Morgan fingerprint density at radius 2 is 1.40 bits per heavy atom. The zero-order chi connectivity index (χ0) is 14.0. The minimum atomic E-state index is -0.0331. The summed E-state index contributed by atoms with van der Waals surface area (Å²) in [6.07, 6.45) is 5.24. The number of hydrogen-bond acceptors (Lipinski definition) is 1. The molecule has 104 valence electrons. The van der Waals surface area contributed by atoms with Gasteiger partial charge in [0, 0.05) is 5.16 Å². The first kappa shape index (κ1) is 13.8. The molecule has 0 aliphatic heterocycles. The molecule has 2 aromatic carbocycles. The summed E-state index contributed by atoms with van der Waals surface area (Å²) in [4.78, 5) is 0. The molecule has 3 rings (SSSR count). The highest BCUT2D eigenvalue weighted by atomic mass is 31.0. The van der Waals surface area contributed by atoms with Crippen LogP contribution in [0.15, 0.2) is 54.6 Å². The molecular weight excluding hydrogens is 261 g/mol. The summed E-state index contributed by atoms with van der Waals surface area (Å²) in [6.45, 7) is 0. The van der Waals surface area contributed by atoms with E-state index >= 15 is 0 Å². The molecule has 0 heterocycles. The second kappa shape index (κ2) is 5.68. The van der Waals surface area contributed by atoms with Crippen LogP contribution in [-0.2, 0) is 5.16 Å². The predicted octanol–water partition coefficient (Wildman–Crippen LogP) is 4.38. The van der Waals surface area contributed by atoms with E-state index in [9.17, 15) is 0 Å². The molecule has 2 unspecified atom stereocenters. The molecule has 2 N–H and O–H groups in total. The van der Waals surface area contributed by atoms with Gasteiger partial charge in [-0.15, -0.1) is 9.24 Å². The molecule has 1 aliphatic rings. The maximum Gasteiger partial charge on any atom is 0.0551 e. The molecule has 1 saturated carbocycles. The Balaban J connectivity index is 1.83. The predicted molar refractivity (Wildman–Crippen MR) is 88.8 cm³/mol. The molecule has 0 saturated heterocycles. The lowest BCUT2D eigenvalue weighted by Crippen LogP contribution is -2.14. The largest absolute Gasteiger partial charge is 0.320 e. The highest BCUT2D eigenvalue weighted by molar-refractivity contribution is 7.18. The zero-order valence-corrected chi connectivity index (χ0v) is 12.9. The molecule has 2 atom stereocenters. The van der Waals surface area contributed by atoms with E-state index in [4.69, 9.17) is 5.73 Å². The molecule has 2 aromatic rings. The van der Waals surface area contributed by atoms with Crippen LogP contribution in [0.3, 0.4) is 0 Å². The fraction of sp³-hybridized carbons (Fsp3) is 0.333. The van der Waals surface area contributed by atoms with Gasteiger partial charge in [-0.25, -0.2) is 0 Å². The average Bonchev–Trinajstić information content (AvgIpc) is 2.96. The molecule has 20 heavy (non-hydrogen) atoms. The Hall–Kier alpha value is -1.17. The highest BCUT2D eigenvalue weighted by Gasteiger charge is 2.30. The van der Waals surface area contributed by atoms with Crippen LogP contribution in [0, 0.1) is 0 Å². The van der Waals surface area contributed by atoms with Gasteiger partial charge in [-0.1, -0.05) is 67.4 Å². The molecule has 1 nitrogen and oxygen atoms in total. The molecule has 1 aliphatic carbocycles. The molecule has 0 amide bonds. The Morgan fingerprint density at radius 3 is 2.00 bits per heavy atom. The summed E-state index contributed by atoms with van der Waals surface area (Å²) in [5.74, 6) is 0. The van der Waals surface area contributed by atoms with Gasteiger partial charge in [-0.05, 0) is 29.5 Å². The van der Waals surface area contributed by atoms with Gasteiger partial charge in [-0.2, -0.15) is 0 Å². The van der Waals surface area contributed by atoms with Crippen molar-refractivity contribution in [2.24, 2.45) is 5.73 Å². The quantitative estimate of drug-likeness (QED) is 0.831. The summed E-state index contributed by atoms with van der Waals surface area (Å²) < 4.78 is 0. The van der Waals surface area contributed by atoms with Crippen molar-refractivity contribution in [1.29, 1.82) is 0 Å². The number of benzene rings is 2. The average molecular weight is 283 g/mol. The van der Waals surface area contributed by atoms with E-state index in [1.165, 1.54) is 42.4 Å². The van der Waals surface area contributed by atoms with E-state index in [0.29, 0.717) is 5.16 Å². The minimum Gasteiger partial charge on any atom is -0.320 e. The number of rotatable bonds is 3. The van der Waals surface area contributed by atoms with Gasteiger partial charge in [0.1, 0.15) is 0 Å². The Labute approximate surface area is 123 Å². The normalized spacial score (nSPS) is 18.9. The molecule has 1 fully saturated rings. The molecule has 0 radical (unpaired) electrons. The van der Waals surface area contributed by atoms with Crippen molar-refractivity contribution in [3.05, 3.63) is 71.3 Å². The summed E-state index contributed by atoms with van der Waals surface area (Å²) in [5, 5.41) is 0.301. The molecule has 2 heteroatoms. The third kappa shape index (κ3) is 2.66. The van der Waals surface area contributed by atoms with Crippen LogP contribution in [0.25, 0.3) is 0 Å². The Bertz CT molecular complexity index is 556. The van der Waals surface area contributed by atoms with Crippen molar-refractivity contribution >= 4 is 9.24 Å². The SMILES string of the molecule is NC(c1ccccc1)c1ccc(C2(P)CCCC2)cc1. The molecule has 0 spiro atoms. The lowest BCUT2D eigenvalue weighted by atomic mass is 9.93. The first-order valence-electron chi connectivity index (χ1n) is 7.39. The number of hydrogen-bond donors (Lipinski definition) is 1. The van der Waals surface area contributed by atoms with Crippen LogP contribution < -0.4 is 5.73 Å². The van der Waals surface area contributed by atoms with Gasteiger partial charge in [0.05, 0.1) is 6.04 Å². The van der Waals surface area contributed by atoms with Gasteiger partial charge in [0.15, 0.2) is 0 Å². The van der Waals surface area contributed by atoms with E-state index < -0.39 is 0 Å². The Kier molecular flexibility index (Phi) is 3.92. The first-order chi connectivity index (χ1) is 9.69. The molecular formula is C18H22NP. The minimum absolute atomic E-state index is 0.0331. The maximum atomic E-state index is 6.35. The van der Waals surface area contributed by atoms with E-state index in [0.717, 1.165) is 0 Å². The third-order valence-corrected chi connectivity index (χ3v) is 5.41. The van der Waals surface area contributed by atoms with Gasteiger partial charge in [-0.3, -0.25) is 0 Å². The van der Waals surface area contributed by atoms with Crippen molar-refractivity contribution < 1.29 is 0 Å². The fourth-order valence-corrected chi connectivity index (χ4v) is 3.77. The highest BCUT2D eigenvalue weighted by Crippen LogP contribution is 2.46. The van der Waals surface area contributed by atoms with Crippen LogP contribution in [0.4, 0.5) is 0 Å². The van der Waals surface area contributed by atoms with Crippen molar-refractivity contribution in [3.8, 4) is 0 Å².